The number of imidazole rings is 1. The number of anilines is 1. The van der Waals surface area contributed by atoms with E-state index in [0.717, 1.165) is 24.5 Å². The van der Waals surface area contributed by atoms with Gasteiger partial charge in [-0.2, -0.15) is 0 Å². The molecule has 144 valence electrons. The van der Waals surface area contributed by atoms with Crippen LogP contribution in [0, 0.1) is 0 Å². The van der Waals surface area contributed by atoms with Gasteiger partial charge in [0.1, 0.15) is 11.5 Å². The first-order chi connectivity index (χ1) is 13.7. The van der Waals surface area contributed by atoms with Crippen molar-refractivity contribution in [2.45, 2.75) is 25.4 Å². The first-order valence-electron chi connectivity index (χ1n) is 9.75. The third kappa shape index (κ3) is 2.65. The maximum Gasteiger partial charge on any atom is 0.359 e. The smallest absolute Gasteiger partial charge is 0.359 e. The lowest BCUT2D eigenvalue weighted by Gasteiger charge is -2.32. The number of hydrogen-bond acceptors (Lipinski definition) is 6. The SMILES string of the molecule is CCOC(=O)c1c(-c2ccccc2)nc2ccc(N3C[C@H]4C[C@@H]3CN4C)nn12. The summed E-state index contributed by atoms with van der Waals surface area (Å²) in [7, 11) is 2.18. The van der Waals surface area contributed by atoms with Gasteiger partial charge in [0.2, 0.25) is 0 Å². The molecule has 4 heterocycles. The van der Waals surface area contributed by atoms with Crippen LogP contribution in [0.15, 0.2) is 42.5 Å². The largest absolute Gasteiger partial charge is 0.461 e. The van der Waals surface area contributed by atoms with Crippen molar-refractivity contribution >= 4 is 17.4 Å². The second kappa shape index (κ2) is 6.60. The number of fused-ring (bicyclic) bond motifs is 3. The second-order valence-electron chi connectivity index (χ2n) is 7.49. The van der Waals surface area contributed by atoms with Crippen LogP contribution in [-0.2, 0) is 4.74 Å². The lowest BCUT2D eigenvalue weighted by molar-refractivity contribution is 0.0518. The number of esters is 1. The topological polar surface area (TPSA) is 63.0 Å². The summed E-state index contributed by atoms with van der Waals surface area (Å²) in [5.41, 5.74) is 2.50. The predicted molar refractivity (Wildman–Crippen MR) is 107 cm³/mol. The Morgan fingerprint density at radius 2 is 1.96 bits per heavy atom. The first kappa shape index (κ1) is 17.2. The Bertz CT molecular complexity index is 1030. The zero-order valence-corrected chi connectivity index (χ0v) is 16.1. The maximum atomic E-state index is 12.8. The molecule has 0 aliphatic carbocycles. The summed E-state index contributed by atoms with van der Waals surface area (Å²) in [5, 5.41) is 4.81. The van der Waals surface area contributed by atoms with E-state index in [1.54, 1.807) is 11.4 Å². The number of benzene rings is 1. The molecule has 28 heavy (non-hydrogen) atoms. The molecule has 2 aliphatic rings. The number of aromatic nitrogens is 3. The Labute approximate surface area is 163 Å². The predicted octanol–water partition coefficient (Wildman–Crippen LogP) is 2.47. The fourth-order valence-electron chi connectivity index (χ4n) is 4.40. The number of hydrogen-bond donors (Lipinski definition) is 0. The van der Waals surface area contributed by atoms with Crippen molar-refractivity contribution in [3.8, 4) is 11.3 Å². The van der Waals surface area contributed by atoms with Crippen molar-refractivity contribution in [2.75, 3.05) is 31.6 Å². The summed E-state index contributed by atoms with van der Waals surface area (Å²) in [6.45, 7) is 4.13. The Kier molecular flexibility index (Phi) is 4.05. The molecule has 1 aromatic carbocycles. The zero-order chi connectivity index (χ0) is 19.3. The van der Waals surface area contributed by atoms with Crippen LogP contribution in [0.5, 0.6) is 0 Å². The maximum absolute atomic E-state index is 12.8. The highest BCUT2D eigenvalue weighted by Gasteiger charge is 2.42. The molecule has 0 spiro atoms. The van der Waals surface area contributed by atoms with Crippen molar-refractivity contribution in [1.82, 2.24) is 19.5 Å². The minimum atomic E-state index is -0.402. The number of ether oxygens (including phenoxy) is 1. The molecule has 2 atom stereocenters. The summed E-state index contributed by atoms with van der Waals surface area (Å²) >= 11 is 0. The van der Waals surface area contributed by atoms with Gasteiger partial charge in [0, 0.05) is 30.7 Å². The van der Waals surface area contributed by atoms with Gasteiger partial charge in [-0.1, -0.05) is 30.3 Å². The van der Waals surface area contributed by atoms with Crippen LogP contribution in [0.4, 0.5) is 5.82 Å². The van der Waals surface area contributed by atoms with Gasteiger partial charge < -0.3 is 9.64 Å². The van der Waals surface area contributed by atoms with Gasteiger partial charge in [0.05, 0.1) is 6.61 Å². The lowest BCUT2D eigenvalue weighted by atomic mass is 10.1. The van der Waals surface area contributed by atoms with E-state index in [2.05, 4.69) is 21.8 Å². The van der Waals surface area contributed by atoms with Gasteiger partial charge in [-0.25, -0.2) is 14.3 Å². The van der Waals surface area contributed by atoms with Crippen LogP contribution in [0.3, 0.4) is 0 Å². The van der Waals surface area contributed by atoms with E-state index in [-0.39, 0.29) is 0 Å². The highest BCUT2D eigenvalue weighted by Crippen LogP contribution is 2.33. The summed E-state index contributed by atoms with van der Waals surface area (Å²) < 4.78 is 6.97. The van der Waals surface area contributed by atoms with E-state index < -0.39 is 5.97 Å². The Morgan fingerprint density at radius 1 is 1.14 bits per heavy atom. The molecule has 7 heteroatoms. The van der Waals surface area contributed by atoms with Crippen LogP contribution in [0.2, 0.25) is 0 Å². The van der Waals surface area contributed by atoms with Gasteiger partial charge >= 0.3 is 5.97 Å². The first-order valence-corrected chi connectivity index (χ1v) is 9.75. The quantitative estimate of drug-likeness (QED) is 0.651. The van der Waals surface area contributed by atoms with Crippen molar-refractivity contribution in [2.24, 2.45) is 0 Å². The summed E-state index contributed by atoms with van der Waals surface area (Å²) in [6, 6.07) is 14.7. The number of carbonyl (C=O) groups excluding carboxylic acids is 1. The highest BCUT2D eigenvalue weighted by atomic mass is 16.5. The third-order valence-electron chi connectivity index (χ3n) is 5.79. The molecule has 2 aromatic heterocycles. The fourth-order valence-corrected chi connectivity index (χ4v) is 4.40. The molecule has 0 unspecified atom stereocenters. The second-order valence-corrected chi connectivity index (χ2v) is 7.49. The normalized spacial score (nSPS) is 21.6. The van der Waals surface area contributed by atoms with Crippen LogP contribution in [0.25, 0.3) is 16.9 Å². The number of rotatable bonds is 4. The molecule has 2 aliphatic heterocycles. The van der Waals surface area contributed by atoms with Crippen molar-refractivity contribution in [1.29, 1.82) is 0 Å². The van der Waals surface area contributed by atoms with Gasteiger partial charge in [-0.3, -0.25) is 4.90 Å². The molecular weight excluding hydrogens is 354 g/mol. The molecule has 0 N–H and O–H groups in total. The Hall–Kier alpha value is -2.93. The average Bonchev–Trinajstić information content (AvgIpc) is 3.39. The van der Waals surface area contributed by atoms with Crippen LogP contribution in [0.1, 0.15) is 23.8 Å². The molecular formula is C21H23N5O2. The van der Waals surface area contributed by atoms with Crippen LogP contribution >= 0.6 is 0 Å². The minimum Gasteiger partial charge on any atom is -0.461 e. The van der Waals surface area contributed by atoms with Gasteiger partial charge in [0.25, 0.3) is 0 Å². The van der Waals surface area contributed by atoms with Gasteiger partial charge in [-0.15, -0.1) is 5.10 Å². The lowest BCUT2D eigenvalue weighted by Crippen LogP contribution is -2.45. The molecule has 7 nitrogen and oxygen atoms in total. The molecule has 0 radical (unpaired) electrons. The number of carbonyl (C=O) groups is 1. The molecule has 2 fully saturated rings. The molecule has 5 rings (SSSR count). The number of likely N-dealkylation sites (tertiary alicyclic amines) is 1. The average molecular weight is 377 g/mol. The van der Waals surface area contributed by atoms with E-state index in [4.69, 9.17) is 9.84 Å². The number of likely N-dealkylation sites (N-methyl/N-ethyl adjacent to an activating group) is 1. The fraction of sp³-hybridized carbons (Fsp3) is 0.381. The Morgan fingerprint density at radius 3 is 2.64 bits per heavy atom. The monoisotopic (exact) mass is 377 g/mol. The number of piperazine rings is 1. The molecule has 2 saturated heterocycles. The van der Waals surface area contributed by atoms with Crippen molar-refractivity contribution < 1.29 is 9.53 Å². The summed E-state index contributed by atoms with van der Waals surface area (Å²) in [5.74, 6) is 0.483. The molecule has 0 saturated carbocycles. The van der Waals surface area contributed by atoms with Gasteiger partial charge in [-0.05, 0) is 32.5 Å². The summed E-state index contributed by atoms with van der Waals surface area (Å²) in [4.78, 5) is 22.2. The van der Waals surface area contributed by atoms with E-state index in [9.17, 15) is 4.79 Å². The molecule has 3 aromatic rings. The zero-order valence-electron chi connectivity index (χ0n) is 16.1. The van der Waals surface area contributed by atoms with Crippen molar-refractivity contribution in [3.05, 3.63) is 48.2 Å². The van der Waals surface area contributed by atoms with Crippen LogP contribution in [-0.4, -0.2) is 64.3 Å². The minimum absolute atomic E-state index is 0.308. The summed E-state index contributed by atoms with van der Waals surface area (Å²) in [6.07, 6.45) is 1.17. The standard InChI is InChI=1S/C21H23N5O2/c1-3-28-21(27)20-19(14-7-5-4-6-8-14)22-17-9-10-18(23-26(17)20)25-13-15-11-16(25)12-24(15)2/h4-10,15-16H,3,11-13H2,1-2H3/t15-,16-/m1/s1. The van der Waals surface area contributed by atoms with Crippen molar-refractivity contribution in [3.63, 3.8) is 0 Å². The molecule has 2 bridgehead atoms. The van der Waals surface area contributed by atoms with Crippen LogP contribution < -0.4 is 4.90 Å². The highest BCUT2D eigenvalue weighted by molar-refractivity contribution is 5.95. The number of nitrogens with zero attached hydrogens (tertiary/aromatic N) is 5. The molecule has 0 amide bonds. The Balaban J connectivity index is 1.62. The van der Waals surface area contributed by atoms with E-state index in [1.807, 2.05) is 42.5 Å². The third-order valence-corrected chi connectivity index (χ3v) is 5.79. The van der Waals surface area contributed by atoms with E-state index >= 15 is 0 Å². The van der Waals surface area contributed by atoms with E-state index in [1.165, 1.54) is 6.42 Å². The van der Waals surface area contributed by atoms with E-state index in [0.29, 0.717) is 35.7 Å². The van der Waals surface area contributed by atoms with Gasteiger partial charge in [0.15, 0.2) is 11.3 Å².